The van der Waals surface area contributed by atoms with Gasteiger partial charge < -0.3 is 0 Å². The number of fused-ring (bicyclic) bond motifs is 3. The lowest BCUT2D eigenvalue weighted by molar-refractivity contribution is -0.384. The standard InChI is InChI=1S/C20H12N6O4/c1-24-18-16(17(23-24)11-3-2-8-21-9-11)15-14(10-22-18)19(27)25(20(15)28)12-4-6-13(7-5-12)26(29)30/h2-10H,1H3. The first-order valence-electron chi connectivity index (χ1n) is 8.86. The summed E-state index contributed by atoms with van der Waals surface area (Å²) in [6.45, 7) is 0. The number of carbonyl (C=O) groups excluding carboxylic acids is 2. The van der Waals surface area contributed by atoms with Crippen molar-refractivity contribution in [3.8, 4) is 11.3 Å². The Labute approximate surface area is 168 Å². The lowest BCUT2D eigenvalue weighted by Crippen LogP contribution is -2.29. The number of nitro groups is 1. The van der Waals surface area contributed by atoms with E-state index in [4.69, 9.17) is 0 Å². The summed E-state index contributed by atoms with van der Waals surface area (Å²) in [6, 6.07) is 8.80. The molecule has 0 aliphatic carbocycles. The van der Waals surface area contributed by atoms with Crippen molar-refractivity contribution in [2.75, 3.05) is 4.90 Å². The zero-order valence-corrected chi connectivity index (χ0v) is 15.5. The topological polar surface area (TPSA) is 124 Å². The highest BCUT2D eigenvalue weighted by Crippen LogP contribution is 2.37. The van der Waals surface area contributed by atoms with Crippen molar-refractivity contribution in [3.05, 3.63) is 76.2 Å². The van der Waals surface area contributed by atoms with Gasteiger partial charge in [-0.15, -0.1) is 0 Å². The van der Waals surface area contributed by atoms with E-state index in [9.17, 15) is 19.7 Å². The molecule has 1 aromatic carbocycles. The van der Waals surface area contributed by atoms with E-state index >= 15 is 0 Å². The van der Waals surface area contributed by atoms with Crippen molar-refractivity contribution in [2.45, 2.75) is 0 Å². The fourth-order valence-electron chi connectivity index (χ4n) is 3.59. The highest BCUT2D eigenvalue weighted by atomic mass is 16.6. The molecule has 4 heterocycles. The van der Waals surface area contributed by atoms with Gasteiger partial charge in [-0.3, -0.25) is 24.7 Å². The van der Waals surface area contributed by atoms with Crippen molar-refractivity contribution < 1.29 is 14.5 Å². The third-order valence-corrected chi connectivity index (χ3v) is 4.96. The van der Waals surface area contributed by atoms with Gasteiger partial charge in [0.25, 0.3) is 17.5 Å². The average molecular weight is 400 g/mol. The van der Waals surface area contributed by atoms with E-state index in [0.717, 1.165) is 4.90 Å². The summed E-state index contributed by atoms with van der Waals surface area (Å²) in [7, 11) is 1.71. The van der Waals surface area contributed by atoms with Crippen LogP contribution in [-0.2, 0) is 7.05 Å². The average Bonchev–Trinajstić information content (AvgIpc) is 3.23. The number of non-ortho nitro benzene ring substituents is 1. The maximum absolute atomic E-state index is 13.3. The van der Waals surface area contributed by atoms with Crippen LogP contribution in [0.3, 0.4) is 0 Å². The summed E-state index contributed by atoms with van der Waals surface area (Å²) in [6.07, 6.45) is 4.61. The van der Waals surface area contributed by atoms with Crippen LogP contribution in [0.4, 0.5) is 11.4 Å². The van der Waals surface area contributed by atoms with Crippen molar-refractivity contribution in [1.82, 2.24) is 19.7 Å². The summed E-state index contributed by atoms with van der Waals surface area (Å²) >= 11 is 0. The molecule has 30 heavy (non-hydrogen) atoms. The molecule has 0 spiro atoms. The van der Waals surface area contributed by atoms with E-state index in [-0.39, 0.29) is 22.5 Å². The van der Waals surface area contributed by atoms with Crippen LogP contribution in [0.1, 0.15) is 20.7 Å². The molecule has 10 nitrogen and oxygen atoms in total. The van der Waals surface area contributed by atoms with Gasteiger partial charge in [0, 0.05) is 43.3 Å². The van der Waals surface area contributed by atoms with E-state index in [0.29, 0.717) is 22.3 Å². The molecule has 0 atom stereocenters. The molecule has 0 fully saturated rings. The number of rotatable bonds is 3. The van der Waals surface area contributed by atoms with Crippen molar-refractivity contribution in [3.63, 3.8) is 0 Å². The predicted molar refractivity (Wildman–Crippen MR) is 106 cm³/mol. The van der Waals surface area contributed by atoms with Crippen LogP contribution < -0.4 is 4.90 Å². The van der Waals surface area contributed by atoms with Gasteiger partial charge in [-0.2, -0.15) is 5.10 Å². The predicted octanol–water partition coefficient (Wildman–Crippen LogP) is 2.74. The van der Waals surface area contributed by atoms with E-state index in [1.54, 1.807) is 30.2 Å². The fourth-order valence-corrected chi connectivity index (χ4v) is 3.59. The Morgan fingerprint density at radius 2 is 1.80 bits per heavy atom. The van der Waals surface area contributed by atoms with Crippen molar-refractivity contribution >= 4 is 34.2 Å². The highest BCUT2D eigenvalue weighted by Gasteiger charge is 2.40. The third kappa shape index (κ3) is 2.40. The number of nitro benzene ring substituents is 1. The van der Waals surface area contributed by atoms with E-state index < -0.39 is 16.7 Å². The molecule has 0 saturated heterocycles. The minimum Gasteiger partial charge on any atom is -0.268 e. The van der Waals surface area contributed by atoms with Crippen LogP contribution in [0.2, 0.25) is 0 Å². The normalized spacial score (nSPS) is 13.2. The molecule has 10 heteroatoms. The molecule has 4 aromatic rings. The molecule has 5 rings (SSSR count). The number of benzene rings is 1. The van der Waals surface area contributed by atoms with E-state index in [2.05, 4.69) is 15.1 Å². The molecule has 146 valence electrons. The Hall–Kier alpha value is -4.47. The van der Waals surface area contributed by atoms with Gasteiger partial charge in [0.15, 0.2) is 5.65 Å². The number of aromatic nitrogens is 4. The number of hydrogen-bond donors (Lipinski definition) is 0. The summed E-state index contributed by atoms with van der Waals surface area (Å²) in [5.41, 5.74) is 2.11. The van der Waals surface area contributed by atoms with Crippen molar-refractivity contribution in [2.24, 2.45) is 7.05 Å². The van der Waals surface area contributed by atoms with Crippen LogP contribution in [0.25, 0.3) is 22.3 Å². The van der Waals surface area contributed by atoms with Gasteiger partial charge in [0.05, 0.1) is 27.1 Å². The molecule has 0 saturated carbocycles. The second-order valence-electron chi connectivity index (χ2n) is 6.68. The maximum atomic E-state index is 13.3. The summed E-state index contributed by atoms with van der Waals surface area (Å²) in [4.78, 5) is 46.1. The largest absolute Gasteiger partial charge is 0.269 e. The first kappa shape index (κ1) is 17.6. The molecule has 0 bridgehead atoms. The van der Waals surface area contributed by atoms with Crippen molar-refractivity contribution in [1.29, 1.82) is 0 Å². The number of pyridine rings is 2. The molecular formula is C20H12N6O4. The lowest BCUT2D eigenvalue weighted by Gasteiger charge is -2.13. The van der Waals surface area contributed by atoms with Gasteiger partial charge in [0.1, 0.15) is 5.69 Å². The number of anilines is 1. The van der Waals surface area contributed by atoms with Gasteiger partial charge in [-0.25, -0.2) is 14.6 Å². The maximum Gasteiger partial charge on any atom is 0.269 e. The zero-order chi connectivity index (χ0) is 21.0. The van der Waals surface area contributed by atoms with Crippen LogP contribution >= 0.6 is 0 Å². The quantitative estimate of drug-likeness (QED) is 0.294. The smallest absolute Gasteiger partial charge is 0.268 e. The summed E-state index contributed by atoms with van der Waals surface area (Å²) in [5.74, 6) is -1.08. The van der Waals surface area contributed by atoms with Crippen LogP contribution in [0.15, 0.2) is 55.0 Å². The number of aryl methyl sites for hydroxylation is 1. The number of amides is 2. The number of carbonyl (C=O) groups is 2. The zero-order valence-electron chi connectivity index (χ0n) is 15.5. The molecule has 0 N–H and O–H groups in total. The van der Waals surface area contributed by atoms with Gasteiger partial charge >= 0.3 is 0 Å². The summed E-state index contributed by atoms with van der Waals surface area (Å²) < 4.78 is 1.55. The Bertz CT molecular complexity index is 1360. The Morgan fingerprint density at radius 3 is 2.47 bits per heavy atom. The number of nitrogens with zero attached hydrogens (tertiary/aromatic N) is 6. The van der Waals surface area contributed by atoms with Gasteiger partial charge in [0.2, 0.25) is 0 Å². The number of hydrogen-bond acceptors (Lipinski definition) is 7. The third-order valence-electron chi connectivity index (χ3n) is 4.96. The Kier molecular flexibility index (Phi) is 3.68. The summed E-state index contributed by atoms with van der Waals surface area (Å²) in [5, 5.41) is 15.8. The molecule has 1 aliphatic heterocycles. The Balaban J connectivity index is 1.71. The molecular weight excluding hydrogens is 388 g/mol. The lowest BCUT2D eigenvalue weighted by atomic mass is 10.0. The number of imide groups is 1. The fraction of sp³-hybridized carbons (Fsp3) is 0.0500. The van der Waals surface area contributed by atoms with Crippen LogP contribution in [-0.4, -0.2) is 36.5 Å². The van der Waals surface area contributed by atoms with E-state index in [1.165, 1.54) is 30.5 Å². The molecule has 1 aliphatic rings. The SMILES string of the molecule is Cn1nc(-c2cccnc2)c2c3c(cnc21)C(=O)N(c1ccc([N+](=O)[O-])cc1)C3=O. The first-order chi connectivity index (χ1) is 14.5. The van der Waals surface area contributed by atoms with Crippen LogP contribution in [0.5, 0.6) is 0 Å². The first-order valence-corrected chi connectivity index (χ1v) is 8.86. The minimum atomic E-state index is -0.546. The van der Waals surface area contributed by atoms with Crippen LogP contribution in [0, 0.1) is 10.1 Å². The monoisotopic (exact) mass is 400 g/mol. The molecule has 0 unspecified atom stereocenters. The second-order valence-corrected chi connectivity index (χ2v) is 6.68. The van der Waals surface area contributed by atoms with E-state index in [1.807, 2.05) is 6.07 Å². The molecule has 3 aromatic heterocycles. The Morgan fingerprint density at radius 1 is 1.03 bits per heavy atom. The second kappa shape index (κ2) is 6.27. The van der Waals surface area contributed by atoms with Gasteiger partial charge in [-0.1, -0.05) is 0 Å². The van der Waals surface area contributed by atoms with Gasteiger partial charge in [-0.05, 0) is 24.3 Å². The highest BCUT2D eigenvalue weighted by molar-refractivity contribution is 6.38. The molecule has 2 amide bonds. The molecule has 0 radical (unpaired) electrons. The minimum absolute atomic E-state index is 0.134.